The van der Waals surface area contributed by atoms with E-state index in [0.717, 1.165) is 12.3 Å². The number of hydrogen-bond donors (Lipinski definition) is 0. The van der Waals surface area contributed by atoms with E-state index in [9.17, 15) is 0 Å². The first-order valence-electron chi connectivity index (χ1n) is 4.52. The van der Waals surface area contributed by atoms with Crippen LogP contribution >= 0.6 is 0 Å². The van der Waals surface area contributed by atoms with Gasteiger partial charge in [0, 0.05) is 0 Å². The zero-order valence-electron chi connectivity index (χ0n) is 7.67. The van der Waals surface area contributed by atoms with E-state index >= 15 is 0 Å². The molecule has 0 aliphatic heterocycles. The first kappa shape index (κ1) is 7.60. The molecule has 1 aliphatic carbocycles. The highest BCUT2D eigenvalue weighted by Crippen LogP contribution is 2.40. The van der Waals surface area contributed by atoms with Gasteiger partial charge in [0.15, 0.2) is 0 Å². The van der Waals surface area contributed by atoms with Crippen LogP contribution in [-0.4, -0.2) is 0 Å². The maximum Gasteiger partial charge on any atom is -0.00151 e. The maximum atomic E-state index is 2.29. The summed E-state index contributed by atoms with van der Waals surface area (Å²) in [6.45, 7) is 4.52. The van der Waals surface area contributed by atoms with Crippen LogP contribution in [0.4, 0.5) is 0 Å². The molecular weight excluding hydrogens is 144 g/mol. The van der Waals surface area contributed by atoms with Crippen molar-refractivity contribution in [2.24, 2.45) is 5.92 Å². The summed E-state index contributed by atoms with van der Waals surface area (Å²) in [6, 6.07) is 10.7. The first-order chi connectivity index (χ1) is 5.79. The number of rotatable bonds is 2. The van der Waals surface area contributed by atoms with E-state index in [1.165, 1.54) is 5.56 Å². The lowest BCUT2D eigenvalue weighted by molar-refractivity contribution is 0.958. The summed E-state index contributed by atoms with van der Waals surface area (Å²) in [6.07, 6.45) is 1.16. The Morgan fingerprint density at radius 3 is 2.25 bits per heavy atom. The molecule has 0 heterocycles. The molecule has 0 saturated carbocycles. The molecule has 1 aromatic carbocycles. The molecule has 12 heavy (non-hydrogen) atoms. The molecule has 0 aromatic heterocycles. The normalized spacial score (nSPS) is 21.3. The zero-order chi connectivity index (χ0) is 8.55. The Hall–Kier alpha value is -1.04. The Kier molecular flexibility index (Phi) is 1.76. The van der Waals surface area contributed by atoms with Crippen LogP contribution in [0.1, 0.15) is 19.4 Å². The van der Waals surface area contributed by atoms with Crippen molar-refractivity contribution in [2.45, 2.75) is 20.3 Å². The van der Waals surface area contributed by atoms with E-state index in [-0.39, 0.29) is 0 Å². The van der Waals surface area contributed by atoms with Crippen molar-refractivity contribution in [1.29, 1.82) is 0 Å². The molecule has 0 nitrogen and oxygen atoms in total. The van der Waals surface area contributed by atoms with Crippen LogP contribution in [0.3, 0.4) is 0 Å². The number of benzene rings is 1. The van der Waals surface area contributed by atoms with Crippen molar-refractivity contribution in [3.63, 3.8) is 0 Å². The van der Waals surface area contributed by atoms with Crippen molar-refractivity contribution in [2.75, 3.05) is 0 Å². The fourth-order valence-corrected chi connectivity index (χ4v) is 1.66. The molecule has 62 valence electrons. The van der Waals surface area contributed by atoms with Gasteiger partial charge in [-0.3, -0.25) is 0 Å². The van der Waals surface area contributed by atoms with Crippen LogP contribution in [0, 0.1) is 5.92 Å². The van der Waals surface area contributed by atoms with Crippen molar-refractivity contribution in [3.05, 3.63) is 47.0 Å². The summed E-state index contributed by atoms with van der Waals surface area (Å²) >= 11 is 0. The maximum absolute atomic E-state index is 2.29. The highest BCUT2D eigenvalue weighted by atomic mass is 14.3. The van der Waals surface area contributed by atoms with Gasteiger partial charge in [-0.25, -0.2) is 0 Å². The van der Waals surface area contributed by atoms with Crippen LogP contribution in [0.25, 0.3) is 0 Å². The largest absolute Gasteiger partial charge is 0.0663 e. The number of allylic oxidation sites excluding steroid dienone is 2. The second-order valence-electron chi connectivity index (χ2n) is 3.59. The summed E-state index contributed by atoms with van der Waals surface area (Å²) in [5.74, 6) is 0.783. The summed E-state index contributed by atoms with van der Waals surface area (Å²) in [4.78, 5) is 0. The lowest BCUT2D eigenvalue weighted by Gasteiger charge is -1.95. The number of hydrogen-bond acceptors (Lipinski definition) is 0. The average Bonchev–Trinajstić information content (AvgIpc) is 2.65. The Morgan fingerprint density at radius 2 is 1.75 bits per heavy atom. The summed E-state index contributed by atoms with van der Waals surface area (Å²) < 4.78 is 0. The lowest BCUT2D eigenvalue weighted by atomic mass is 10.1. The fourth-order valence-electron chi connectivity index (χ4n) is 1.66. The summed E-state index contributed by atoms with van der Waals surface area (Å²) in [7, 11) is 0. The van der Waals surface area contributed by atoms with E-state index in [1.54, 1.807) is 11.1 Å². The van der Waals surface area contributed by atoms with Crippen LogP contribution < -0.4 is 0 Å². The standard InChI is InChI=1S/C12H14/c1-9-10(2)12(9)8-11-6-4-3-5-7-11/h3-7,9H,8H2,1-2H3. The third-order valence-corrected chi connectivity index (χ3v) is 2.83. The van der Waals surface area contributed by atoms with Gasteiger partial charge in [0.25, 0.3) is 0 Å². The van der Waals surface area contributed by atoms with Crippen LogP contribution in [0.5, 0.6) is 0 Å². The Labute approximate surface area is 73.9 Å². The highest BCUT2D eigenvalue weighted by Gasteiger charge is 2.26. The molecule has 1 aromatic rings. The SMILES string of the molecule is CC1=C(Cc2ccccc2)C1C. The molecule has 1 atom stereocenters. The second-order valence-corrected chi connectivity index (χ2v) is 3.59. The molecule has 0 spiro atoms. The minimum atomic E-state index is 0.783. The van der Waals surface area contributed by atoms with E-state index in [4.69, 9.17) is 0 Å². The van der Waals surface area contributed by atoms with Gasteiger partial charge in [-0.1, -0.05) is 48.4 Å². The monoisotopic (exact) mass is 158 g/mol. The third-order valence-electron chi connectivity index (χ3n) is 2.83. The molecule has 0 amide bonds. The molecule has 1 aliphatic rings. The first-order valence-corrected chi connectivity index (χ1v) is 4.52. The predicted octanol–water partition coefficient (Wildman–Crippen LogP) is 3.20. The quantitative estimate of drug-likeness (QED) is 0.580. The molecule has 1 unspecified atom stereocenters. The lowest BCUT2D eigenvalue weighted by Crippen LogP contribution is -1.82. The van der Waals surface area contributed by atoms with Crippen molar-refractivity contribution in [1.82, 2.24) is 0 Å². The molecular formula is C12H14. The van der Waals surface area contributed by atoms with Gasteiger partial charge in [-0.2, -0.15) is 0 Å². The minimum Gasteiger partial charge on any atom is -0.0663 e. The Bertz CT molecular complexity index is 306. The zero-order valence-corrected chi connectivity index (χ0v) is 7.67. The van der Waals surface area contributed by atoms with Gasteiger partial charge in [0.2, 0.25) is 0 Å². The predicted molar refractivity (Wildman–Crippen MR) is 52.0 cm³/mol. The highest BCUT2D eigenvalue weighted by molar-refractivity contribution is 5.41. The average molecular weight is 158 g/mol. The minimum absolute atomic E-state index is 0.783. The van der Waals surface area contributed by atoms with E-state index in [0.29, 0.717) is 0 Å². The molecule has 0 fully saturated rings. The van der Waals surface area contributed by atoms with Gasteiger partial charge < -0.3 is 0 Å². The van der Waals surface area contributed by atoms with Gasteiger partial charge >= 0.3 is 0 Å². The van der Waals surface area contributed by atoms with Gasteiger partial charge in [-0.05, 0) is 24.8 Å². The Balaban J connectivity index is 2.07. The van der Waals surface area contributed by atoms with Crippen molar-refractivity contribution >= 4 is 0 Å². The molecule has 0 radical (unpaired) electrons. The van der Waals surface area contributed by atoms with E-state index in [2.05, 4.69) is 44.2 Å². The van der Waals surface area contributed by atoms with Gasteiger partial charge in [0.1, 0.15) is 0 Å². The van der Waals surface area contributed by atoms with Gasteiger partial charge in [-0.15, -0.1) is 0 Å². The van der Waals surface area contributed by atoms with E-state index in [1.807, 2.05) is 0 Å². The van der Waals surface area contributed by atoms with Crippen molar-refractivity contribution in [3.8, 4) is 0 Å². The molecule has 0 saturated heterocycles. The summed E-state index contributed by atoms with van der Waals surface area (Å²) in [5.41, 5.74) is 4.68. The third kappa shape index (κ3) is 1.29. The topological polar surface area (TPSA) is 0 Å². The van der Waals surface area contributed by atoms with E-state index < -0.39 is 0 Å². The summed E-state index contributed by atoms with van der Waals surface area (Å²) in [5, 5.41) is 0. The molecule has 0 N–H and O–H groups in total. The van der Waals surface area contributed by atoms with Crippen molar-refractivity contribution < 1.29 is 0 Å². The molecule has 0 heteroatoms. The van der Waals surface area contributed by atoms with Crippen LogP contribution in [-0.2, 0) is 6.42 Å². The molecule has 0 bridgehead atoms. The second kappa shape index (κ2) is 2.78. The van der Waals surface area contributed by atoms with Crippen LogP contribution in [0.15, 0.2) is 41.5 Å². The van der Waals surface area contributed by atoms with Gasteiger partial charge in [0.05, 0.1) is 0 Å². The van der Waals surface area contributed by atoms with Crippen LogP contribution in [0.2, 0.25) is 0 Å². The molecule has 2 rings (SSSR count). The fraction of sp³-hybridized carbons (Fsp3) is 0.333. The smallest absolute Gasteiger partial charge is 0.00151 e. The Morgan fingerprint density at radius 1 is 1.17 bits per heavy atom.